The molecule has 0 saturated carbocycles. The van der Waals surface area contributed by atoms with Crippen molar-refractivity contribution in [2.45, 2.75) is 12.8 Å². The summed E-state index contributed by atoms with van der Waals surface area (Å²) in [6.45, 7) is 1.93. The van der Waals surface area contributed by atoms with Crippen molar-refractivity contribution >= 4 is 23.8 Å². The largest absolute Gasteiger partial charge is 0.436 e. The average molecular weight is 200 g/mol. The third-order valence-electron chi connectivity index (χ3n) is 2.20. The van der Waals surface area contributed by atoms with E-state index in [1.807, 2.05) is 0 Å². The van der Waals surface area contributed by atoms with Crippen molar-refractivity contribution in [3.8, 4) is 0 Å². The Kier molecular flexibility index (Phi) is 2.27. The molecular formula is C9H10ClNO2. The standard InChI is InChI=1S/C9H10ClNO2/c10-8-5-7(6-12)13-9(8)11-3-1-2-4-11/h5-6H,1-4H2. The number of carbonyl (C=O) groups excluding carboxylic acids is 1. The van der Waals surface area contributed by atoms with Crippen LogP contribution in [0.5, 0.6) is 0 Å². The fourth-order valence-corrected chi connectivity index (χ4v) is 1.84. The van der Waals surface area contributed by atoms with Gasteiger partial charge in [-0.05, 0) is 12.8 Å². The second-order valence-corrected chi connectivity index (χ2v) is 3.52. The van der Waals surface area contributed by atoms with Gasteiger partial charge >= 0.3 is 0 Å². The smallest absolute Gasteiger partial charge is 0.215 e. The first-order valence-electron chi connectivity index (χ1n) is 4.31. The number of furan rings is 1. The van der Waals surface area contributed by atoms with Crippen LogP contribution in [-0.2, 0) is 0 Å². The maximum atomic E-state index is 10.4. The second-order valence-electron chi connectivity index (χ2n) is 3.11. The fourth-order valence-electron chi connectivity index (χ4n) is 1.57. The first-order chi connectivity index (χ1) is 6.31. The molecule has 1 aliphatic rings. The molecule has 0 aromatic carbocycles. The molecule has 0 N–H and O–H groups in total. The summed E-state index contributed by atoms with van der Waals surface area (Å²) in [5, 5.41) is 0.531. The van der Waals surface area contributed by atoms with Gasteiger partial charge in [-0.3, -0.25) is 4.79 Å². The van der Waals surface area contributed by atoms with Crippen LogP contribution >= 0.6 is 11.6 Å². The van der Waals surface area contributed by atoms with Gasteiger partial charge in [0.05, 0.1) is 0 Å². The number of carbonyl (C=O) groups is 1. The number of anilines is 1. The van der Waals surface area contributed by atoms with Crippen LogP contribution in [0.3, 0.4) is 0 Å². The van der Waals surface area contributed by atoms with Crippen LogP contribution < -0.4 is 4.90 Å². The summed E-state index contributed by atoms with van der Waals surface area (Å²) in [4.78, 5) is 12.5. The number of halogens is 1. The summed E-state index contributed by atoms with van der Waals surface area (Å²) in [5.74, 6) is 0.938. The van der Waals surface area contributed by atoms with E-state index in [0.29, 0.717) is 23.0 Å². The van der Waals surface area contributed by atoms with E-state index in [4.69, 9.17) is 16.0 Å². The molecule has 3 nitrogen and oxygen atoms in total. The monoisotopic (exact) mass is 199 g/mol. The van der Waals surface area contributed by atoms with E-state index in [2.05, 4.69) is 4.90 Å². The van der Waals surface area contributed by atoms with Gasteiger partial charge in [-0.15, -0.1) is 0 Å². The lowest BCUT2D eigenvalue weighted by atomic mass is 10.4. The zero-order chi connectivity index (χ0) is 9.26. The number of hydrogen-bond acceptors (Lipinski definition) is 3. The molecule has 70 valence electrons. The molecule has 1 aliphatic heterocycles. The molecule has 4 heteroatoms. The Balaban J connectivity index is 2.27. The van der Waals surface area contributed by atoms with Crippen LogP contribution in [0.2, 0.25) is 5.02 Å². The normalized spacial score (nSPS) is 16.5. The highest BCUT2D eigenvalue weighted by atomic mass is 35.5. The minimum absolute atomic E-state index is 0.298. The lowest BCUT2D eigenvalue weighted by molar-refractivity contribution is 0.110. The molecule has 2 rings (SSSR count). The van der Waals surface area contributed by atoms with Crippen molar-refractivity contribution in [2.75, 3.05) is 18.0 Å². The van der Waals surface area contributed by atoms with Crippen molar-refractivity contribution in [1.82, 2.24) is 0 Å². The second kappa shape index (κ2) is 3.42. The maximum Gasteiger partial charge on any atom is 0.215 e. The predicted octanol–water partition coefficient (Wildman–Crippen LogP) is 2.35. The molecule has 0 atom stereocenters. The number of rotatable bonds is 2. The summed E-state index contributed by atoms with van der Waals surface area (Å²) in [7, 11) is 0. The zero-order valence-electron chi connectivity index (χ0n) is 7.12. The van der Waals surface area contributed by atoms with E-state index in [-0.39, 0.29) is 0 Å². The molecule has 0 unspecified atom stereocenters. The van der Waals surface area contributed by atoms with Crippen molar-refractivity contribution in [1.29, 1.82) is 0 Å². The molecule has 0 bridgehead atoms. The Bertz CT molecular complexity index is 315. The van der Waals surface area contributed by atoms with Crippen molar-refractivity contribution in [3.05, 3.63) is 16.8 Å². The van der Waals surface area contributed by atoms with Gasteiger partial charge in [0.2, 0.25) is 5.88 Å². The highest BCUT2D eigenvalue weighted by molar-refractivity contribution is 6.33. The zero-order valence-corrected chi connectivity index (χ0v) is 7.88. The molecule has 1 aromatic rings. The number of aldehydes is 1. The molecule has 2 heterocycles. The van der Waals surface area contributed by atoms with Crippen LogP contribution in [0, 0.1) is 0 Å². The maximum absolute atomic E-state index is 10.4. The van der Waals surface area contributed by atoms with Crippen LogP contribution in [0.25, 0.3) is 0 Å². The fraction of sp³-hybridized carbons (Fsp3) is 0.444. The third-order valence-corrected chi connectivity index (χ3v) is 2.47. The van der Waals surface area contributed by atoms with Crippen molar-refractivity contribution < 1.29 is 9.21 Å². The summed E-state index contributed by atoms with van der Waals surface area (Å²) in [6, 6.07) is 1.56. The third kappa shape index (κ3) is 1.56. The predicted molar refractivity (Wildman–Crippen MR) is 50.6 cm³/mol. The number of hydrogen-bond donors (Lipinski definition) is 0. The average Bonchev–Trinajstić information content (AvgIpc) is 2.72. The molecule has 0 amide bonds. The molecule has 1 fully saturated rings. The lowest BCUT2D eigenvalue weighted by Gasteiger charge is -2.13. The van der Waals surface area contributed by atoms with Gasteiger partial charge < -0.3 is 9.32 Å². The minimum atomic E-state index is 0.298. The van der Waals surface area contributed by atoms with Crippen LogP contribution in [0.1, 0.15) is 23.4 Å². The molecule has 0 aliphatic carbocycles. The lowest BCUT2D eigenvalue weighted by Crippen LogP contribution is -2.16. The Hall–Kier alpha value is -0.960. The van der Waals surface area contributed by atoms with Crippen LogP contribution in [-0.4, -0.2) is 19.4 Å². The Morgan fingerprint density at radius 3 is 2.69 bits per heavy atom. The highest BCUT2D eigenvalue weighted by Crippen LogP contribution is 2.31. The first kappa shape index (κ1) is 8.63. The molecule has 0 radical (unpaired) electrons. The minimum Gasteiger partial charge on any atom is -0.436 e. The van der Waals surface area contributed by atoms with E-state index in [1.165, 1.54) is 0 Å². The molecule has 1 aromatic heterocycles. The Morgan fingerprint density at radius 2 is 2.15 bits per heavy atom. The molecule has 0 spiro atoms. The van der Waals surface area contributed by atoms with Gasteiger partial charge in [-0.1, -0.05) is 11.6 Å². The van der Waals surface area contributed by atoms with Crippen LogP contribution in [0.4, 0.5) is 5.88 Å². The topological polar surface area (TPSA) is 33.5 Å². The van der Waals surface area contributed by atoms with E-state index < -0.39 is 0 Å². The van der Waals surface area contributed by atoms with Gasteiger partial charge in [0, 0.05) is 19.2 Å². The van der Waals surface area contributed by atoms with Crippen molar-refractivity contribution in [2.24, 2.45) is 0 Å². The van der Waals surface area contributed by atoms with Gasteiger partial charge in [0.1, 0.15) is 5.02 Å². The summed E-state index contributed by atoms with van der Waals surface area (Å²) in [6.07, 6.45) is 2.99. The number of nitrogens with zero attached hydrogens (tertiary/aromatic N) is 1. The molecule has 13 heavy (non-hydrogen) atoms. The van der Waals surface area contributed by atoms with Gasteiger partial charge in [-0.25, -0.2) is 0 Å². The summed E-state index contributed by atoms with van der Waals surface area (Å²) < 4.78 is 5.27. The van der Waals surface area contributed by atoms with E-state index in [0.717, 1.165) is 25.9 Å². The van der Waals surface area contributed by atoms with Gasteiger partial charge in [0.15, 0.2) is 12.0 Å². The van der Waals surface area contributed by atoms with E-state index in [9.17, 15) is 4.79 Å². The Morgan fingerprint density at radius 1 is 1.46 bits per heavy atom. The molecular weight excluding hydrogens is 190 g/mol. The van der Waals surface area contributed by atoms with Gasteiger partial charge in [0.25, 0.3) is 0 Å². The highest BCUT2D eigenvalue weighted by Gasteiger charge is 2.19. The first-order valence-corrected chi connectivity index (χ1v) is 4.68. The summed E-state index contributed by atoms with van der Waals surface area (Å²) in [5.41, 5.74) is 0. The van der Waals surface area contributed by atoms with E-state index in [1.54, 1.807) is 6.07 Å². The van der Waals surface area contributed by atoms with E-state index >= 15 is 0 Å². The van der Waals surface area contributed by atoms with Crippen LogP contribution in [0.15, 0.2) is 10.5 Å². The van der Waals surface area contributed by atoms with Gasteiger partial charge in [-0.2, -0.15) is 0 Å². The quantitative estimate of drug-likeness (QED) is 0.686. The SMILES string of the molecule is O=Cc1cc(Cl)c(N2CCCC2)o1. The Labute approximate surface area is 81.3 Å². The summed E-state index contributed by atoms with van der Waals surface area (Å²) >= 11 is 5.91. The van der Waals surface area contributed by atoms with Crippen molar-refractivity contribution in [3.63, 3.8) is 0 Å². The molecule has 1 saturated heterocycles.